The summed E-state index contributed by atoms with van der Waals surface area (Å²) in [6, 6.07) is 18.5. The fraction of sp³-hybridized carbons (Fsp3) is 0.0435. The maximum absolute atomic E-state index is 4.91. The minimum atomic E-state index is 0.688. The van der Waals surface area contributed by atoms with Crippen molar-refractivity contribution in [1.82, 2.24) is 35.3 Å². The summed E-state index contributed by atoms with van der Waals surface area (Å²) >= 11 is 0. The molecule has 0 unspecified atom stereocenters. The zero-order chi connectivity index (χ0) is 20.1. The molecule has 0 aliphatic rings. The van der Waals surface area contributed by atoms with Gasteiger partial charge >= 0.3 is 0 Å². The Kier molecular flexibility index (Phi) is 3.55. The van der Waals surface area contributed by atoms with Crippen LogP contribution >= 0.6 is 0 Å². The van der Waals surface area contributed by atoms with E-state index in [1.165, 1.54) is 5.56 Å². The average Bonchev–Trinajstić information content (AvgIpc) is 3.51. The number of nitrogens with one attached hydrogen (secondary N) is 3. The number of aromatic nitrogens is 7. The van der Waals surface area contributed by atoms with Gasteiger partial charge in [-0.3, -0.25) is 10.2 Å². The summed E-state index contributed by atoms with van der Waals surface area (Å²) in [5.74, 6) is 0.688. The molecule has 3 N–H and O–H groups in total. The van der Waals surface area contributed by atoms with Crippen LogP contribution in [0.15, 0.2) is 67.0 Å². The van der Waals surface area contributed by atoms with Crippen molar-refractivity contribution < 1.29 is 0 Å². The lowest BCUT2D eigenvalue weighted by molar-refractivity contribution is 1.09. The van der Waals surface area contributed by atoms with Gasteiger partial charge in [0.1, 0.15) is 5.52 Å². The lowest BCUT2D eigenvalue weighted by Gasteiger charge is -2.03. The first-order valence-electron chi connectivity index (χ1n) is 9.67. The Hall–Kier alpha value is -4.26. The van der Waals surface area contributed by atoms with Gasteiger partial charge in [0.05, 0.1) is 28.4 Å². The van der Waals surface area contributed by atoms with Crippen LogP contribution < -0.4 is 0 Å². The van der Waals surface area contributed by atoms with Crippen LogP contribution in [0.25, 0.3) is 56.0 Å². The van der Waals surface area contributed by atoms with Crippen molar-refractivity contribution in [3.8, 4) is 33.9 Å². The fourth-order valence-corrected chi connectivity index (χ4v) is 3.81. The number of imidazole rings is 1. The zero-order valence-corrected chi connectivity index (χ0v) is 16.1. The first-order valence-corrected chi connectivity index (χ1v) is 9.67. The molecule has 0 spiro atoms. The Morgan fingerprint density at radius 1 is 0.833 bits per heavy atom. The molecule has 144 valence electrons. The normalized spacial score (nSPS) is 11.5. The van der Waals surface area contributed by atoms with Gasteiger partial charge in [0.25, 0.3) is 0 Å². The number of benzene rings is 2. The van der Waals surface area contributed by atoms with E-state index < -0.39 is 0 Å². The fourth-order valence-electron chi connectivity index (χ4n) is 3.81. The lowest BCUT2D eigenvalue weighted by atomic mass is 10.0. The highest BCUT2D eigenvalue weighted by atomic mass is 15.2. The molecular weight excluding hydrogens is 374 g/mol. The van der Waals surface area contributed by atoms with Crippen LogP contribution in [-0.2, 0) is 0 Å². The molecule has 0 radical (unpaired) electrons. The van der Waals surface area contributed by atoms with Crippen molar-refractivity contribution in [2.75, 3.05) is 0 Å². The van der Waals surface area contributed by atoms with Crippen molar-refractivity contribution in [2.45, 2.75) is 6.92 Å². The molecule has 30 heavy (non-hydrogen) atoms. The van der Waals surface area contributed by atoms with Gasteiger partial charge in [-0.25, -0.2) is 9.97 Å². The van der Waals surface area contributed by atoms with Crippen LogP contribution in [0.2, 0.25) is 0 Å². The van der Waals surface area contributed by atoms with E-state index in [-0.39, 0.29) is 0 Å². The number of hydrogen-bond donors (Lipinski definition) is 3. The van der Waals surface area contributed by atoms with Crippen molar-refractivity contribution in [3.63, 3.8) is 0 Å². The summed E-state index contributed by atoms with van der Waals surface area (Å²) in [6.45, 7) is 2.10. The molecule has 0 atom stereocenters. The van der Waals surface area contributed by atoms with Gasteiger partial charge in [-0.2, -0.15) is 10.2 Å². The summed E-state index contributed by atoms with van der Waals surface area (Å²) in [7, 11) is 0. The average molecular weight is 391 g/mol. The molecule has 0 bridgehead atoms. The maximum Gasteiger partial charge on any atom is 0.161 e. The Morgan fingerprint density at radius 2 is 1.77 bits per heavy atom. The topological polar surface area (TPSA) is 98.9 Å². The van der Waals surface area contributed by atoms with Gasteiger partial charge in [-0.15, -0.1) is 0 Å². The Morgan fingerprint density at radius 3 is 2.63 bits per heavy atom. The van der Waals surface area contributed by atoms with E-state index in [2.05, 4.69) is 62.6 Å². The monoisotopic (exact) mass is 391 g/mol. The van der Waals surface area contributed by atoms with E-state index in [0.717, 1.165) is 44.5 Å². The lowest BCUT2D eigenvalue weighted by Crippen LogP contribution is -1.86. The molecule has 0 saturated carbocycles. The number of rotatable bonds is 3. The highest BCUT2D eigenvalue weighted by Gasteiger charge is 2.17. The number of H-pyrrole nitrogens is 3. The third kappa shape index (κ3) is 2.60. The second kappa shape index (κ2) is 6.38. The molecule has 0 aliphatic heterocycles. The Balaban J connectivity index is 1.53. The highest BCUT2D eigenvalue weighted by Crippen LogP contribution is 2.32. The van der Waals surface area contributed by atoms with E-state index in [1.807, 2.05) is 30.5 Å². The van der Waals surface area contributed by atoms with E-state index in [1.54, 1.807) is 6.20 Å². The summed E-state index contributed by atoms with van der Waals surface area (Å²) < 4.78 is 0. The van der Waals surface area contributed by atoms with Crippen LogP contribution in [-0.4, -0.2) is 35.3 Å². The first kappa shape index (κ1) is 16.7. The minimum Gasteiger partial charge on any atom is -0.336 e. The highest BCUT2D eigenvalue weighted by molar-refractivity contribution is 5.96. The van der Waals surface area contributed by atoms with E-state index in [0.29, 0.717) is 11.5 Å². The number of pyridine rings is 1. The number of fused-ring (bicyclic) bond motifs is 2. The molecular formula is C23H17N7. The predicted molar refractivity (Wildman–Crippen MR) is 117 cm³/mol. The van der Waals surface area contributed by atoms with Gasteiger partial charge in [-0.1, -0.05) is 42.0 Å². The van der Waals surface area contributed by atoms with Gasteiger partial charge in [0.15, 0.2) is 11.5 Å². The molecule has 6 rings (SSSR count). The van der Waals surface area contributed by atoms with E-state index in [9.17, 15) is 0 Å². The van der Waals surface area contributed by atoms with E-state index >= 15 is 0 Å². The third-order valence-corrected chi connectivity index (χ3v) is 5.27. The zero-order valence-electron chi connectivity index (χ0n) is 16.1. The number of hydrogen-bond acceptors (Lipinski definition) is 4. The Labute approximate surface area is 171 Å². The number of aromatic amines is 3. The van der Waals surface area contributed by atoms with Gasteiger partial charge in [-0.05, 0) is 30.7 Å². The predicted octanol–water partition coefficient (Wildman–Crippen LogP) is 4.87. The van der Waals surface area contributed by atoms with Gasteiger partial charge in [0.2, 0.25) is 0 Å². The molecule has 0 fully saturated rings. The van der Waals surface area contributed by atoms with Crippen LogP contribution in [0, 0.1) is 6.92 Å². The largest absolute Gasteiger partial charge is 0.336 e. The smallest absolute Gasteiger partial charge is 0.161 e. The second-order valence-corrected chi connectivity index (χ2v) is 7.31. The maximum atomic E-state index is 4.91. The Bertz CT molecular complexity index is 1510. The van der Waals surface area contributed by atoms with Crippen molar-refractivity contribution in [3.05, 3.63) is 72.6 Å². The van der Waals surface area contributed by atoms with Crippen LogP contribution in [0.1, 0.15) is 5.56 Å². The molecule has 0 amide bonds. The first-order chi connectivity index (χ1) is 14.8. The van der Waals surface area contributed by atoms with Crippen molar-refractivity contribution in [1.29, 1.82) is 0 Å². The molecule has 6 aromatic rings. The number of nitrogens with zero attached hydrogens (tertiary/aromatic N) is 4. The molecule has 7 nitrogen and oxygen atoms in total. The van der Waals surface area contributed by atoms with Crippen LogP contribution in [0.3, 0.4) is 0 Å². The number of aryl methyl sites for hydroxylation is 1. The number of para-hydroxylation sites is 1. The van der Waals surface area contributed by atoms with Crippen molar-refractivity contribution in [2.24, 2.45) is 0 Å². The third-order valence-electron chi connectivity index (χ3n) is 5.27. The SMILES string of the molecule is Cc1cccc(-c2cccc3[nH]c(-c4n[nH]c5ccc(-c6cn[nH]c6)nc45)nc23)c1. The van der Waals surface area contributed by atoms with Gasteiger partial charge < -0.3 is 4.98 Å². The van der Waals surface area contributed by atoms with E-state index in [4.69, 9.17) is 9.97 Å². The standard InChI is InChI=1S/C23H17N7/c1-13-4-2-5-14(10-13)16-6-3-7-18-20(16)28-23(27-18)22-21-19(29-30-22)9-8-17(26-21)15-11-24-25-12-15/h2-12H,1H3,(H,24,25)(H,27,28)(H,29,30). The molecule has 0 aliphatic carbocycles. The summed E-state index contributed by atoms with van der Waals surface area (Å²) in [5.41, 5.74) is 9.41. The molecule has 0 saturated heterocycles. The van der Waals surface area contributed by atoms with Gasteiger partial charge in [0, 0.05) is 17.3 Å². The van der Waals surface area contributed by atoms with Crippen molar-refractivity contribution >= 4 is 22.1 Å². The minimum absolute atomic E-state index is 0.688. The molecule has 2 aromatic carbocycles. The molecule has 4 heterocycles. The summed E-state index contributed by atoms with van der Waals surface area (Å²) in [6.07, 6.45) is 3.58. The molecule has 4 aromatic heterocycles. The quantitative estimate of drug-likeness (QED) is 0.401. The van der Waals surface area contributed by atoms with Crippen LogP contribution in [0.5, 0.6) is 0 Å². The molecule has 7 heteroatoms. The summed E-state index contributed by atoms with van der Waals surface area (Å²) in [5, 5.41) is 14.4. The summed E-state index contributed by atoms with van der Waals surface area (Å²) in [4.78, 5) is 13.1. The van der Waals surface area contributed by atoms with Crippen LogP contribution in [0.4, 0.5) is 0 Å². The second-order valence-electron chi connectivity index (χ2n) is 7.31.